The molecule has 1 saturated carbocycles. The first-order valence-corrected chi connectivity index (χ1v) is 7.71. The summed E-state index contributed by atoms with van der Waals surface area (Å²) in [6.07, 6.45) is 4.82. The van der Waals surface area contributed by atoms with Gasteiger partial charge in [0.25, 0.3) is 0 Å². The van der Waals surface area contributed by atoms with Crippen molar-refractivity contribution in [3.63, 3.8) is 0 Å². The number of aromatic nitrogens is 2. The van der Waals surface area contributed by atoms with Crippen LogP contribution in [0.5, 0.6) is 0 Å². The molecule has 0 atom stereocenters. The molecule has 0 aliphatic heterocycles. The van der Waals surface area contributed by atoms with Gasteiger partial charge in [-0.3, -0.25) is 9.40 Å². The average Bonchev–Trinajstić information content (AvgIpc) is 2.89. The number of anilines is 1. The van der Waals surface area contributed by atoms with E-state index in [1.54, 1.807) is 18.7 Å². The fourth-order valence-electron chi connectivity index (χ4n) is 2.24. The highest BCUT2D eigenvalue weighted by atomic mass is 32.2. The van der Waals surface area contributed by atoms with Crippen LogP contribution in [0.4, 0.5) is 5.82 Å². The second-order valence-electron chi connectivity index (χ2n) is 4.56. The molecule has 2 rings (SSSR count). The van der Waals surface area contributed by atoms with Crippen LogP contribution in [0.3, 0.4) is 0 Å². The number of sulfonamides is 1. The molecule has 6 heteroatoms. The molecule has 0 aromatic carbocycles. The smallest absolute Gasteiger partial charge is 0.233 e. The fraction of sp³-hybridized carbons (Fsp3) is 0.727. The lowest BCUT2D eigenvalue weighted by Crippen LogP contribution is -2.16. The van der Waals surface area contributed by atoms with Gasteiger partial charge in [0.05, 0.1) is 11.4 Å². The van der Waals surface area contributed by atoms with Crippen molar-refractivity contribution in [3.05, 3.63) is 11.8 Å². The van der Waals surface area contributed by atoms with Gasteiger partial charge < -0.3 is 0 Å². The highest BCUT2D eigenvalue weighted by molar-refractivity contribution is 7.92. The highest BCUT2D eigenvalue weighted by Gasteiger charge is 2.21. The van der Waals surface area contributed by atoms with Crippen LogP contribution in [0.15, 0.2) is 6.07 Å². The van der Waals surface area contributed by atoms with Crippen molar-refractivity contribution in [1.82, 2.24) is 9.78 Å². The Morgan fingerprint density at radius 3 is 2.71 bits per heavy atom. The van der Waals surface area contributed by atoms with E-state index in [2.05, 4.69) is 9.82 Å². The second-order valence-corrected chi connectivity index (χ2v) is 6.58. The summed E-state index contributed by atoms with van der Waals surface area (Å²) in [4.78, 5) is 0. The molecule has 1 aliphatic carbocycles. The van der Waals surface area contributed by atoms with Crippen LogP contribution >= 0.6 is 0 Å². The van der Waals surface area contributed by atoms with Crippen molar-refractivity contribution < 1.29 is 8.42 Å². The quantitative estimate of drug-likeness (QED) is 0.895. The molecular weight excluding hydrogens is 238 g/mol. The van der Waals surface area contributed by atoms with Gasteiger partial charge in [-0.15, -0.1) is 0 Å². The maximum atomic E-state index is 11.5. The van der Waals surface area contributed by atoms with Gasteiger partial charge in [0.2, 0.25) is 10.0 Å². The second kappa shape index (κ2) is 4.68. The molecule has 1 N–H and O–H groups in total. The highest BCUT2D eigenvalue weighted by Crippen LogP contribution is 2.34. The summed E-state index contributed by atoms with van der Waals surface area (Å²) in [5.41, 5.74) is 1.01. The Hall–Kier alpha value is -1.04. The first-order chi connectivity index (χ1) is 8.02. The van der Waals surface area contributed by atoms with E-state index in [0.29, 0.717) is 11.7 Å². The average molecular weight is 257 g/mol. The van der Waals surface area contributed by atoms with E-state index in [0.717, 1.165) is 18.5 Å². The maximum absolute atomic E-state index is 11.5. The molecule has 0 unspecified atom stereocenters. The number of hydrogen-bond acceptors (Lipinski definition) is 3. The van der Waals surface area contributed by atoms with Crippen LogP contribution in [0.2, 0.25) is 0 Å². The lowest BCUT2D eigenvalue weighted by atomic mass is 10.1. The fourth-order valence-corrected chi connectivity index (χ4v) is 2.89. The van der Waals surface area contributed by atoms with Gasteiger partial charge in [0.15, 0.2) is 0 Å². The maximum Gasteiger partial charge on any atom is 0.233 e. The summed E-state index contributed by atoms with van der Waals surface area (Å²) in [5.74, 6) is 1.14. The Morgan fingerprint density at radius 2 is 2.12 bits per heavy atom. The lowest BCUT2D eigenvalue weighted by Gasteiger charge is -2.04. The molecule has 96 valence electrons. The molecule has 1 aromatic heterocycles. The standard InChI is InChI=1S/C11H19N3O2S/c1-3-17(15,16)13-11-8-10(12-14(11)2)9-6-4-5-7-9/h8-9,13H,3-7H2,1-2H3. The molecule has 0 bridgehead atoms. The molecule has 0 saturated heterocycles. The Kier molecular flexibility index (Phi) is 3.42. The van der Waals surface area contributed by atoms with Crippen molar-refractivity contribution in [2.75, 3.05) is 10.5 Å². The normalized spacial score (nSPS) is 17.5. The molecule has 17 heavy (non-hydrogen) atoms. The molecular formula is C11H19N3O2S. The summed E-state index contributed by atoms with van der Waals surface area (Å²) >= 11 is 0. The van der Waals surface area contributed by atoms with Gasteiger partial charge in [0.1, 0.15) is 5.82 Å². The zero-order chi connectivity index (χ0) is 12.5. The topological polar surface area (TPSA) is 64.0 Å². The minimum atomic E-state index is -3.22. The zero-order valence-corrected chi connectivity index (χ0v) is 11.1. The van der Waals surface area contributed by atoms with E-state index in [-0.39, 0.29) is 5.75 Å². The van der Waals surface area contributed by atoms with Crippen LogP contribution in [0.25, 0.3) is 0 Å². The van der Waals surface area contributed by atoms with Crippen LogP contribution in [-0.2, 0) is 17.1 Å². The molecule has 0 radical (unpaired) electrons. The molecule has 1 heterocycles. The Morgan fingerprint density at radius 1 is 1.47 bits per heavy atom. The molecule has 1 fully saturated rings. The van der Waals surface area contributed by atoms with Crippen molar-refractivity contribution >= 4 is 15.8 Å². The Bertz CT molecular complexity index is 487. The van der Waals surface area contributed by atoms with Crippen molar-refractivity contribution in [1.29, 1.82) is 0 Å². The van der Waals surface area contributed by atoms with Gasteiger partial charge in [-0.25, -0.2) is 8.42 Å². The van der Waals surface area contributed by atoms with E-state index >= 15 is 0 Å². The molecule has 1 aromatic rings. The van der Waals surface area contributed by atoms with Gasteiger partial charge in [-0.2, -0.15) is 5.10 Å². The van der Waals surface area contributed by atoms with Gasteiger partial charge in [0, 0.05) is 19.0 Å². The van der Waals surface area contributed by atoms with Gasteiger partial charge in [-0.1, -0.05) is 12.8 Å². The predicted octanol–water partition coefficient (Wildman–Crippen LogP) is 1.84. The Balaban J connectivity index is 2.19. The van der Waals surface area contributed by atoms with E-state index in [4.69, 9.17) is 0 Å². The summed E-state index contributed by atoms with van der Waals surface area (Å²) in [7, 11) is -1.45. The van der Waals surface area contributed by atoms with Crippen molar-refractivity contribution in [2.24, 2.45) is 7.05 Å². The summed E-state index contributed by atoms with van der Waals surface area (Å²) in [6.45, 7) is 1.62. The number of aryl methyl sites for hydroxylation is 1. The third kappa shape index (κ3) is 2.80. The number of hydrogen-bond donors (Lipinski definition) is 1. The van der Waals surface area contributed by atoms with Crippen LogP contribution in [-0.4, -0.2) is 24.0 Å². The van der Waals surface area contributed by atoms with E-state index < -0.39 is 10.0 Å². The zero-order valence-electron chi connectivity index (χ0n) is 10.3. The third-order valence-electron chi connectivity index (χ3n) is 3.31. The SMILES string of the molecule is CCS(=O)(=O)Nc1cc(C2CCCC2)nn1C. The molecule has 5 nitrogen and oxygen atoms in total. The number of nitrogens with zero attached hydrogens (tertiary/aromatic N) is 2. The largest absolute Gasteiger partial charge is 0.268 e. The molecule has 1 aliphatic rings. The summed E-state index contributed by atoms with van der Waals surface area (Å²) < 4.78 is 27.2. The molecule has 0 spiro atoms. The molecule has 0 amide bonds. The van der Waals surface area contributed by atoms with Crippen molar-refractivity contribution in [2.45, 2.75) is 38.5 Å². The first-order valence-electron chi connectivity index (χ1n) is 6.06. The third-order valence-corrected chi connectivity index (χ3v) is 4.59. The van der Waals surface area contributed by atoms with Crippen LogP contribution in [0, 0.1) is 0 Å². The Labute approximate surface area is 102 Å². The van der Waals surface area contributed by atoms with Crippen molar-refractivity contribution in [3.8, 4) is 0 Å². The van der Waals surface area contributed by atoms with Crippen LogP contribution < -0.4 is 4.72 Å². The first kappa shape index (κ1) is 12.4. The summed E-state index contributed by atoms with van der Waals surface area (Å²) in [5, 5.41) is 4.40. The summed E-state index contributed by atoms with van der Waals surface area (Å²) in [6, 6.07) is 1.86. The van der Waals surface area contributed by atoms with Crippen LogP contribution in [0.1, 0.15) is 44.2 Å². The monoisotopic (exact) mass is 257 g/mol. The number of rotatable bonds is 4. The van der Waals surface area contributed by atoms with Gasteiger partial charge >= 0.3 is 0 Å². The minimum Gasteiger partial charge on any atom is -0.268 e. The van der Waals surface area contributed by atoms with Gasteiger partial charge in [-0.05, 0) is 19.8 Å². The lowest BCUT2D eigenvalue weighted by molar-refractivity contribution is 0.601. The minimum absolute atomic E-state index is 0.0803. The predicted molar refractivity (Wildman–Crippen MR) is 67.5 cm³/mol. The number of nitrogens with one attached hydrogen (secondary N) is 1. The van der Waals surface area contributed by atoms with E-state index in [9.17, 15) is 8.42 Å². The van der Waals surface area contributed by atoms with E-state index in [1.165, 1.54) is 12.8 Å². The van der Waals surface area contributed by atoms with E-state index in [1.807, 2.05) is 6.07 Å².